The van der Waals surface area contributed by atoms with Gasteiger partial charge in [0.05, 0.1) is 17.7 Å². The van der Waals surface area contributed by atoms with Crippen molar-refractivity contribution in [3.63, 3.8) is 0 Å². The number of amides is 1. The number of nitrogens with zero attached hydrogens (tertiary/aromatic N) is 2. The zero-order valence-corrected chi connectivity index (χ0v) is 19.6. The summed E-state index contributed by atoms with van der Waals surface area (Å²) in [7, 11) is 0. The summed E-state index contributed by atoms with van der Waals surface area (Å²) in [6, 6.07) is 10.3. The average Bonchev–Trinajstić information content (AvgIpc) is 3.51. The van der Waals surface area contributed by atoms with Gasteiger partial charge in [-0.25, -0.2) is 9.18 Å². The largest absolute Gasteiger partial charge is 0.461 e. The van der Waals surface area contributed by atoms with E-state index in [1.807, 2.05) is 0 Å². The lowest BCUT2D eigenvalue weighted by Crippen LogP contribution is -2.25. The van der Waals surface area contributed by atoms with Gasteiger partial charge < -0.3 is 19.5 Å². The SMILES string of the molecule is CCOC(=O)c1nn(-c2ccc(F)cc2)c(=O)c2c(NC(=O)C=Cc3ccc4c(c3)OCO4)scc12. The number of carbonyl (C=O) groups excluding carboxylic acids is 2. The van der Waals surface area contributed by atoms with Crippen molar-refractivity contribution >= 4 is 45.1 Å². The van der Waals surface area contributed by atoms with Crippen LogP contribution in [-0.4, -0.2) is 35.1 Å². The Bertz CT molecular complexity index is 1580. The van der Waals surface area contributed by atoms with Crippen LogP contribution in [-0.2, 0) is 9.53 Å². The number of anilines is 1. The van der Waals surface area contributed by atoms with E-state index in [1.165, 1.54) is 30.3 Å². The molecule has 1 amide bonds. The summed E-state index contributed by atoms with van der Waals surface area (Å²) < 4.78 is 30.1. The van der Waals surface area contributed by atoms with Crippen LogP contribution in [0.5, 0.6) is 11.5 Å². The number of hydrogen-bond acceptors (Lipinski definition) is 8. The molecule has 0 unspecified atom stereocenters. The monoisotopic (exact) mass is 507 g/mol. The van der Waals surface area contributed by atoms with Gasteiger partial charge in [-0.15, -0.1) is 11.3 Å². The molecule has 3 heterocycles. The molecule has 0 spiro atoms. The number of thiophene rings is 1. The molecule has 0 atom stereocenters. The highest BCUT2D eigenvalue weighted by molar-refractivity contribution is 7.16. The zero-order valence-electron chi connectivity index (χ0n) is 18.8. The van der Waals surface area contributed by atoms with Gasteiger partial charge in [-0.2, -0.15) is 9.78 Å². The van der Waals surface area contributed by atoms with Crippen molar-refractivity contribution in [2.45, 2.75) is 6.92 Å². The molecule has 182 valence electrons. The Morgan fingerprint density at radius 1 is 1.19 bits per heavy atom. The highest BCUT2D eigenvalue weighted by Gasteiger charge is 2.23. The van der Waals surface area contributed by atoms with Gasteiger partial charge in [0.25, 0.3) is 5.56 Å². The van der Waals surface area contributed by atoms with E-state index in [2.05, 4.69) is 10.4 Å². The molecule has 0 radical (unpaired) electrons. The number of rotatable bonds is 6. The molecule has 0 fully saturated rings. The number of aromatic nitrogens is 2. The first kappa shape index (κ1) is 23.2. The molecule has 2 aromatic carbocycles. The first-order valence-corrected chi connectivity index (χ1v) is 11.7. The molecule has 36 heavy (non-hydrogen) atoms. The molecule has 2 aromatic heterocycles. The normalized spacial score (nSPS) is 12.3. The molecule has 5 rings (SSSR count). The maximum Gasteiger partial charge on any atom is 0.359 e. The highest BCUT2D eigenvalue weighted by atomic mass is 32.1. The Hall–Kier alpha value is -4.51. The third-order valence-electron chi connectivity index (χ3n) is 5.25. The van der Waals surface area contributed by atoms with Gasteiger partial charge >= 0.3 is 5.97 Å². The Labute approximate surface area is 207 Å². The van der Waals surface area contributed by atoms with Crippen LogP contribution in [0.2, 0.25) is 0 Å². The predicted octanol–water partition coefficient (Wildman–Crippen LogP) is 4.14. The van der Waals surface area contributed by atoms with Crippen LogP contribution in [0.4, 0.5) is 9.39 Å². The second-order valence-electron chi connectivity index (χ2n) is 7.55. The predicted molar refractivity (Wildman–Crippen MR) is 131 cm³/mol. The molecule has 1 N–H and O–H groups in total. The lowest BCUT2D eigenvalue weighted by molar-refractivity contribution is -0.111. The number of benzene rings is 2. The number of halogens is 1. The average molecular weight is 507 g/mol. The zero-order chi connectivity index (χ0) is 25.2. The van der Waals surface area contributed by atoms with Crippen LogP contribution in [0, 0.1) is 5.82 Å². The molecule has 0 bridgehead atoms. The Morgan fingerprint density at radius 3 is 2.75 bits per heavy atom. The summed E-state index contributed by atoms with van der Waals surface area (Å²) in [5.41, 5.74) is 0.294. The minimum absolute atomic E-state index is 0.0900. The Kier molecular flexibility index (Phi) is 6.21. The van der Waals surface area contributed by atoms with E-state index < -0.39 is 23.3 Å². The van der Waals surface area contributed by atoms with Crippen LogP contribution in [0.25, 0.3) is 22.5 Å². The number of ether oxygens (including phenoxy) is 3. The smallest absolute Gasteiger partial charge is 0.359 e. The van der Waals surface area contributed by atoms with Crippen molar-refractivity contribution in [3.8, 4) is 17.2 Å². The van der Waals surface area contributed by atoms with E-state index >= 15 is 0 Å². The standard InChI is InChI=1S/C25H18FN3O6S/c1-2-33-25(32)22-17-12-36-23(21(17)24(31)29(28-22)16-7-5-15(26)6-8-16)27-20(30)10-4-14-3-9-18-19(11-14)35-13-34-18/h3-12H,2,13H2,1H3,(H,27,30). The third kappa shape index (κ3) is 4.43. The van der Waals surface area contributed by atoms with E-state index in [0.717, 1.165) is 21.6 Å². The lowest BCUT2D eigenvalue weighted by Gasteiger charge is -2.09. The maximum atomic E-state index is 13.4. The molecule has 0 saturated heterocycles. The van der Waals surface area contributed by atoms with Crippen LogP contribution in [0.3, 0.4) is 0 Å². The molecule has 4 aromatic rings. The summed E-state index contributed by atoms with van der Waals surface area (Å²) in [6.45, 7) is 1.90. The molecule has 9 nitrogen and oxygen atoms in total. The van der Waals surface area contributed by atoms with Crippen LogP contribution in [0.15, 0.2) is 58.7 Å². The number of nitrogens with one attached hydrogen (secondary N) is 1. The summed E-state index contributed by atoms with van der Waals surface area (Å²) >= 11 is 1.08. The van der Waals surface area contributed by atoms with Crippen molar-refractivity contribution in [3.05, 3.63) is 81.3 Å². The van der Waals surface area contributed by atoms with Gasteiger partial charge in [0.1, 0.15) is 10.8 Å². The summed E-state index contributed by atoms with van der Waals surface area (Å²) in [6.07, 6.45) is 2.91. The van der Waals surface area contributed by atoms with Crippen LogP contribution in [0.1, 0.15) is 23.0 Å². The van der Waals surface area contributed by atoms with Crippen molar-refractivity contribution in [1.29, 1.82) is 0 Å². The molecular formula is C25H18FN3O6S. The van der Waals surface area contributed by atoms with Gasteiger partial charge in [-0.05, 0) is 55.0 Å². The topological polar surface area (TPSA) is 109 Å². The third-order valence-corrected chi connectivity index (χ3v) is 6.15. The van der Waals surface area contributed by atoms with Crippen LogP contribution < -0.4 is 20.3 Å². The van der Waals surface area contributed by atoms with Gasteiger partial charge in [-0.3, -0.25) is 9.59 Å². The van der Waals surface area contributed by atoms with Gasteiger partial charge in [0.2, 0.25) is 12.7 Å². The van der Waals surface area contributed by atoms with E-state index in [9.17, 15) is 18.8 Å². The molecule has 1 aliphatic rings. The number of esters is 1. The Balaban J connectivity index is 1.51. The van der Waals surface area contributed by atoms with E-state index in [0.29, 0.717) is 11.5 Å². The fourth-order valence-corrected chi connectivity index (χ4v) is 4.53. The molecular weight excluding hydrogens is 489 g/mol. The quantitative estimate of drug-likeness (QED) is 0.309. The van der Waals surface area contributed by atoms with Crippen molar-refractivity contribution in [2.24, 2.45) is 0 Å². The first-order valence-electron chi connectivity index (χ1n) is 10.8. The summed E-state index contributed by atoms with van der Waals surface area (Å²) in [5.74, 6) is -0.487. The van der Waals surface area contributed by atoms with Gasteiger partial charge in [-0.1, -0.05) is 6.07 Å². The maximum absolute atomic E-state index is 13.4. The number of carbonyl (C=O) groups is 2. The molecule has 11 heteroatoms. The van der Waals surface area contributed by atoms with Crippen molar-refractivity contribution in [1.82, 2.24) is 9.78 Å². The van der Waals surface area contributed by atoms with E-state index in [1.54, 1.807) is 36.6 Å². The first-order chi connectivity index (χ1) is 17.4. The minimum Gasteiger partial charge on any atom is -0.461 e. The number of fused-ring (bicyclic) bond motifs is 2. The second-order valence-corrected chi connectivity index (χ2v) is 8.43. The minimum atomic E-state index is -0.725. The van der Waals surface area contributed by atoms with E-state index in [-0.39, 0.29) is 40.6 Å². The summed E-state index contributed by atoms with van der Waals surface area (Å²) in [5, 5.41) is 9.01. The summed E-state index contributed by atoms with van der Waals surface area (Å²) in [4.78, 5) is 38.7. The highest BCUT2D eigenvalue weighted by Crippen LogP contribution is 2.33. The van der Waals surface area contributed by atoms with Gasteiger partial charge in [0.15, 0.2) is 17.2 Å². The van der Waals surface area contributed by atoms with Crippen molar-refractivity contribution < 1.29 is 28.2 Å². The van der Waals surface area contributed by atoms with Crippen LogP contribution >= 0.6 is 11.3 Å². The Morgan fingerprint density at radius 2 is 1.97 bits per heavy atom. The van der Waals surface area contributed by atoms with Crippen molar-refractivity contribution in [2.75, 3.05) is 18.7 Å². The lowest BCUT2D eigenvalue weighted by atomic mass is 10.2. The molecule has 0 saturated carbocycles. The fraction of sp³-hybridized carbons (Fsp3) is 0.120. The molecule has 0 aliphatic carbocycles. The second kappa shape index (κ2) is 9.62. The number of hydrogen-bond donors (Lipinski definition) is 1. The fourth-order valence-electron chi connectivity index (χ4n) is 3.59. The molecule has 1 aliphatic heterocycles. The van der Waals surface area contributed by atoms with Gasteiger partial charge in [0, 0.05) is 16.8 Å². The van der Waals surface area contributed by atoms with E-state index in [4.69, 9.17) is 14.2 Å².